The fourth-order valence-electron chi connectivity index (χ4n) is 3.20. The third-order valence-electron chi connectivity index (χ3n) is 4.75. The Kier molecular flexibility index (Phi) is 4.79. The summed E-state index contributed by atoms with van der Waals surface area (Å²) in [5.41, 5.74) is 2.26. The Balaban J connectivity index is 2.08. The van der Waals surface area contributed by atoms with Gasteiger partial charge in [-0.2, -0.15) is 0 Å². The van der Waals surface area contributed by atoms with Gasteiger partial charge in [0.1, 0.15) is 0 Å². The molecule has 0 bridgehead atoms. The molecule has 0 saturated heterocycles. The summed E-state index contributed by atoms with van der Waals surface area (Å²) in [6.07, 6.45) is 0. The van der Waals surface area contributed by atoms with E-state index in [1.54, 1.807) is 0 Å². The molecule has 0 heterocycles. The molecule has 121 valence electrons. The molecule has 24 heavy (non-hydrogen) atoms. The van der Waals surface area contributed by atoms with Crippen molar-refractivity contribution >= 4 is 0 Å². The van der Waals surface area contributed by atoms with Crippen molar-refractivity contribution in [3.8, 4) is 0 Å². The monoisotopic (exact) mass is 316 g/mol. The van der Waals surface area contributed by atoms with Gasteiger partial charge in [-0.3, -0.25) is 0 Å². The van der Waals surface area contributed by atoms with Crippen molar-refractivity contribution in [3.63, 3.8) is 0 Å². The van der Waals surface area contributed by atoms with Crippen molar-refractivity contribution in [3.05, 3.63) is 108 Å². The van der Waals surface area contributed by atoms with Gasteiger partial charge in [0.25, 0.3) is 0 Å². The number of hydrogen-bond acceptors (Lipinski definition) is 1. The van der Waals surface area contributed by atoms with E-state index in [0.29, 0.717) is 0 Å². The summed E-state index contributed by atoms with van der Waals surface area (Å²) in [6, 6.07) is 29.7. The van der Waals surface area contributed by atoms with E-state index in [0.717, 1.165) is 16.7 Å². The maximum atomic E-state index is 13.5. The summed E-state index contributed by atoms with van der Waals surface area (Å²) in [6.45, 7) is 3.97. The van der Waals surface area contributed by atoms with Gasteiger partial charge in [-0.1, -0.05) is 91.0 Å². The van der Waals surface area contributed by atoms with Gasteiger partial charge in [0.15, 0.2) is 0 Å². The van der Waals surface area contributed by atoms with Crippen LogP contribution in [-0.2, 0) is 10.7 Å². The van der Waals surface area contributed by atoms with Crippen molar-refractivity contribution < 1.29 is 5.21 Å². The van der Waals surface area contributed by atoms with E-state index in [1.807, 2.05) is 105 Å². The highest BCUT2D eigenvalue weighted by molar-refractivity contribution is 5.37. The molecule has 2 nitrogen and oxygen atoms in total. The number of benzene rings is 3. The maximum absolute atomic E-state index is 13.5. The Labute approximate surface area is 144 Å². The van der Waals surface area contributed by atoms with E-state index in [1.165, 1.54) is 5.06 Å². The molecule has 0 amide bonds. The van der Waals surface area contributed by atoms with E-state index in [-0.39, 0.29) is 6.04 Å². The topological polar surface area (TPSA) is 23.1 Å². The van der Waals surface area contributed by atoms with Crippen LogP contribution in [0.1, 0.15) is 36.6 Å². The van der Waals surface area contributed by atoms with Crippen LogP contribution < -0.4 is 0 Å². The van der Waals surface area contributed by atoms with Crippen LogP contribution in [0.3, 0.4) is 0 Å². The van der Waals surface area contributed by atoms with Gasteiger partial charge in [0.2, 0.25) is 0 Å². The Morgan fingerprint density at radius 3 is 1.50 bits per heavy atom. The van der Waals surface area contributed by atoms with Gasteiger partial charge in [0.05, 0.1) is 11.6 Å². The molecule has 0 aliphatic heterocycles. The lowest BCUT2D eigenvalue weighted by molar-refractivity contribution is -0.240. The number of hydroxylamine groups is 2. The van der Waals surface area contributed by atoms with E-state index in [9.17, 15) is 5.21 Å². The highest BCUT2D eigenvalue weighted by Gasteiger charge is 2.39. The second-order valence-corrected chi connectivity index (χ2v) is 6.22. The van der Waals surface area contributed by atoms with Crippen LogP contribution in [0.15, 0.2) is 91.0 Å². The largest absolute Gasteiger partial charge is 0.133 e. The van der Waals surface area contributed by atoms with Crippen molar-refractivity contribution in [2.24, 2.45) is 0 Å². The SMILES string of the molecule is CC(c1ccccc1)N([O])C(C)(c1ccccc1)c1ccccc1. The Morgan fingerprint density at radius 1 is 0.708 bits per heavy atom. The van der Waals surface area contributed by atoms with Gasteiger partial charge in [0, 0.05) is 0 Å². The first-order valence-electron chi connectivity index (χ1n) is 8.26. The van der Waals surface area contributed by atoms with Gasteiger partial charge in [-0.25, -0.2) is 0 Å². The molecule has 0 aliphatic carbocycles. The van der Waals surface area contributed by atoms with Crippen LogP contribution in [0.25, 0.3) is 0 Å². The molecule has 0 aliphatic rings. The van der Waals surface area contributed by atoms with Crippen LogP contribution in [0.2, 0.25) is 0 Å². The maximum Gasteiger partial charge on any atom is 0.0969 e. The van der Waals surface area contributed by atoms with Crippen LogP contribution in [0.4, 0.5) is 0 Å². The molecule has 1 atom stereocenters. The molecule has 0 aromatic heterocycles. The lowest BCUT2D eigenvalue weighted by Gasteiger charge is -2.39. The quantitative estimate of drug-likeness (QED) is 0.581. The Bertz CT molecular complexity index is 716. The summed E-state index contributed by atoms with van der Waals surface area (Å²) in [7, 11) is 0. The third kappa shape index (κ3) is 2.99. The predicted octanol–water partition coefficient (Wildman–Crippen LogP) is 5.36. The first-order valence-corrected chi connectivity index (χ1v) is 8.26. The molecular weight excluding hydrogens is 294 g/mol. The van der Waals surface area contributed by atoms with E-state index in [4.69, 9.17) is 0 Å². The fourth-order valence-corrected chi connectivity index (χ4v) is 3.20. The zero-order chi connectivity index (χ0) is 17.0. The molecule has 2 heteroatoms. The number of rotatable bonds is 5. The second-order valence-electron chi connectivity index (χ2n) is 6.22. The van der Waals surface area contributed by atoms with Crippen LogP contribution in [0, 0.1) is 0 Å². The molecule has 0 spiro atoms. The van der Waals surface area contributed by atoms with E-state index < -0.39 is 5.54 Å². The molecule has 3 aromatic rings. The van der Waals surface area contributed by atoms with Gasteiger partial charge in [-0.15, -0.1) is 10.3 Å². The van der Waals surface area contributed by atoms with Crippen molar-refractivity contribution in [1.82, 2.24) is 5.06 Å². The van der Waals surface area contributed by atoms with Crippen molar-refractivity contribution in [2.45, 2.75) is 25.4 Å². The van der Waals surface area contributed by atoms with Gasteiger partial charge < -0.3 is 0 Å². The zero-order valence-electron chi connectivity index (χ0n) is 14.1. The van der Waals surface area contributed by atoms with Crippen LogP contribution >= 0.6 is 0 Å². The smallest absolute Gasteiger partial charge is 0.0969 e. The number of nitrogens with zero attached hydrogens (tertiary/aromatic N) is 1. The summed E-state index contributed by atoms with van der Waals surface area (Å²) >= 11 is 0. The van der Waals surface area contributed by atoms with E-state index in [2.05, 4.69) is 0 Å². The normalized spacial score (nSPS) is 13.0. The highest BCUT2D eigenvalue weighted by Crippen LogP contribution is 2.39. The lowest BCUT2D eigenvalue weighted by atomic mass is 9.83. The van der Waals surface area contributed by atoms with Crippen LogP contribution in [-0.4, -0.2) is 5.06 Å². The third-order valence-corrected chi connectivity index (χ3v) is 4.75. The van der Waals surface area contributed by atoms with Crippen LogP contribution in [0.5, 0.6) is 0 Å². The molecular formula is C22H22NO. The molecule has 1 unspecified atom stereocenters. The standard InChI is InChI=1S/C22H22NO/c1-18(19-12-6-3-7-13-19)23(24)22(2,20-14-8-4-9-15-20)21-16-10-5-11-17-21/h3-18H,1-2H3. The summed E-state index contributed by atoms with van der Waals surface area (Å²) in [5.74, 6) is 0. The summed E-state index contributed by atoms with van der Waals surface area (Å²) in [4.78, 5) is 0. The average molecular weight is 316 g/mol. The van der Waals surface area contributed by atoms with Crippen molar-refractivity contribution in [1.29, 1.82) is 0 Å². The minimum Gasteiger partial charge on any atom is -0.133 e. The average Bonchev–Trinajstić information content (AvgIpc) is 2.68. The minimum atomic E-state index is -0.752. The second kappa shape index (κ2) is 7.00. The Morgan fingerprint density at radius 2 is 1.08 bits per heavy atom. The summed E-state index contributed by atoms with van der Waals surface area (Å²) in [5, 5.41) is 14.7. The van der Waals surface area contributed by atoms with E-state index >= 15 is 0 Å². The molecule has 0 saturated carbocycles. The number of hydrogen-bond donors (Lipinski definition) is 0. The first-order chi connectivity index (χ1) is 11.6. The highest BCUT2D eigenvalue weighted by atomic mass is 16.5. The molecule has 3 rings (SSSR count). The minimum absolute atomic E-state index is 0.253. The molecule has 3 aromatic carbocycles. The summed E-state index contributed by atoms with van der Waals surface area (Å²) < 4.78 is 0. The molecule has 0 fully saturated rings. The van der Waals surface area contributed by atoms with Gasteiger partial charge >= 0.3 is 0 Å². The molecule has 1 radical (unpaired) electrons. The Hall–Kier alpha value is -2.42. The van der Waals surface area contributed by atoms with Gasteiger partial charge in [-0.05, 0) is 30.5 Å². The van der Waals surface area contributed by atoms with Crippen molar-refractivity contribution in [2.75, 3.05) is 0 Å². The zero-order valence-corrected chi connectivity index (χ0v) is 14.1. The predicted molar refractivity (Wildman–Crippen MR) is 96.7 cm³/mol. The first kappa shape index (κ1) is 16.4. The lowest BCUT2D eigenvalue weighted by Crippen LogP contribution is -2.43. The fraction of sp³-hybridized carbons (Fsp3) is 0.182. The molecule has 0 N–H and O–H groups in total.